The van der Waals surface area contributed by atoms with Crippen LogP contribution in [-0.4, -0.2) is 6.03 Å². The molecule has 0 aliphatic rings. The minimum absolute atomic E-state index is 0.205. The first kappa shape index (κ1) is 17.7. The SMILES string of the molecule is Cc1cc(C)c(NC(=O)NC(c2ccccc2)c2ccccc2)c(C)c1. The number of benzene rings is 3. The number of amides is 2. The maximum absolute atomic E-state index is 12.7. The van der Waals surface area contributed by atoms with Gasteiger partial charge >= 0.3 is 6.03 Å². The molecular formula is C23H24N2O. The summed E-state index contributed by atoms with van der Waals surface area (Å²) in [5.74, 6) is 0. The molecule has 26 heavy (non-hydrogen) atoms. The molecule has 0 aromatic heterocycles. The zero-order valence-corrected chi connectivity index (χ0v) is 15.4. The van der Waals surface area contributed by atoms with Crippen LogP contribution in [0.2, 0.25) is 0 Å². The molecule has 0 saturated heterocycles. The van der Waals surface area contributed by atoms with Crippen LogP contribution in [0.3, 0.4) is 0 Å². The zero-order chi connectivity index (χ0) is 18.5. The van der Waals surface area contributed by atoms with Crippen molar-refractivity contribution in [3.63, 3.8) is 0 Å². The first-order chi connectivity index (χ1) is 12.5. The lowest BCUT2D eigenvalue weighted by Gasteiger charge is -2.21. The molecule has 0 unspecified atom stereocenters. The maximum Gasteiger partial charge on any atom is 0.320 e. The quantitative estimate of drug-likeness (QED) is 0.642. The number of hydrogen-bond donors (Lipinski definition) is 2. The van der Waals surface area contributed by atoms with Gasteiger partial charge in [-0.15, -0.1) is 0 Å². The summed E-state index contributed by atoms with van der Waals surface area (Å²) < 4.78 is 0. The molecule has 0 fully saturated rings. The zero-order valence-electron chi connectivity index (χ0n) is 15.4. The summed E-state index contributed by atoms with van der Waals surface area (Å²) in [6, 6.07) is 23.7. The van der Waals surface area contributed by atoms with E-state index in [-0.39, 0.29) is 12.1 Å². The van der Waals surface area contributed by atoms with Crippen LogP contribution in [0.25, 0.3) is 0 Å². The van der Waals surface area contributed by atoms with Gasteiger partial charge < -0.3 is 10.6 Å². The molecule has 0 aliphatic carbocycles. The fourth-order valence-electron chi connectivity index (χ4n) is 3.31. The lowest BCUT2D eigenvalue weighted by atomic mass is 9.99. The number of anilines is 1. The summed E-state index contributed by atoms with van der Waals surface area (Å²) in [7, 11) is 0. The number of carbonyl (C=O) groups is 1. The van der Waals surface area contributed by atoms with Crippen molar-refractivity contribution < 1.29 is 4.79 Å². The normalized spacial score (nSPS) is 10.6. The van der Waals surface area contributed by atoms with Gasteiger partial charge in [-0.25, -0.2) is 4.79 Å². The Morgan fingerprint density at radius 3 is 1.69 bits per heavy atom. The Bertz CT molecular complexity index is 826. The number of aryl methyl sites for hydroxylation is 3. The molecule has 0 atom stereocenters. The standard InChI is InChI=1S/C23H24N2O/c1-16-14-17(2)21(18(3)15-16)24-23(26)25-22(19-10-6-4-7-11-19)20-12-8-5-9-13-20/h4-15,22H,1-3H3,(H2,24,25,26). The predicted molar refractivity (Wildman–Crippen MR) is 108 cm³/mol. The Balaban J connectivity index is 1.85. The predicted octanol–water partition coefficient (Wildman–Crippen LogP) is 5.52. The van der Waals surface area contributed by atoms with E-state index in [0.29, 0.717) is 0 Å². The van der Waals surface area contributed by atoms with Gasteiger partial charge in [-0.3, -0.25) is 0 Å². The monoisotopic (exact) mass is 344 g/mol. The molecular weight excluding hydrogens is 320 g/mol. The second-order valence-electron chi connectivity index (χ2n) is 6.63. The van der Waals surface area contributed by atoms with E-state index in [1.54, 1.807) is 0 Å². The number of urea groups is 1. The number of rotatable bonds is 4. The van der Waals surface area contributed by atoms with E-state index in [9.17, 15) is 4.79 Å². The third kappa shape index (κ3) is 4.12. The summed E-state index contributed by atoms with van der Waals surface area (Å²) >= 11 is 0. The molecule has 3 aromatic carbocycles. The van der Waals surface area contributed by atoms with Gasteiger partial charge in [-0.1, -0.05) is 78.4 Å². The van der Waals surface area contributed by atoms with Crippen LogP contribution in [-0.2, 0) is 0 Å². The Hall–Kier alpha value is -3.07. The van der Waals surface area contributed by atoms with Gasteiger partial charge in [0.05, 0.1) is 6.04 Å². The number of hydrogen-bond acceptors (Lipinski definition) is 1. The van der Waals surface area contributed by atoms with Crippen LogP contribution in [0, 0.1) is 20.8 Å². The van der Waals surface area contributed by atoms with Crippen LogP contribution in [0.5, 0.6) is 0 Å². The molecule has 0 heterocycles. The van der Waals surface area contributed by atoms with Gasteiger partial charge in [0, 0.05) is 5.69 Å². The lowest BCUT2D eigenvalue weighted by molar-refractivity contribution is 0.250. The smallest absolute Gasteiger partial charge is 0.320 e. The van der Waals surface area contributed by atoms with Crippen LogP contribution < -0.4 is 10.6 Å². The molecule has 3 rings (SSSR count). The van der Waals surface area contributed by atoms with E-state index < -0.39 is 0 Å². The van der Waals surface area contributed by atoms with E-state index in [2.05, 4.69) is 29.7 Å². The molecule has 132 valence electrons. The Labute approximate surface area is 155 Å². The molecule has 2 N–H and O–H groups in total. The van der Waals surface area contributed by atoms with Gasteiger partial charge in [-0.05, 0) is 43.0 Å². The van der Waals surface area contributed by atoms with Gasteiger partial charge in [0.15, 0.2) is 0 Å². The van der Waals surface area contributed by atoms with Crippen molar-refractivity contribution in [2.75, 3.05) is 5.32 Å². The minimum atomic E-state index is -0.210. The van der Waals surface area contributed by atoms with Crippen molar-refractivity contribution in [2.45, 2.75) is 26.8 Å². The van der Waals surface area contributed by atoms with Crippen LogP contribution in [0.4, 0.5) is 10.5 Å². The van der Waals surface area contributed by atoms with Gasteiger partial charge in [0.1, 0.15) is 0 Å². The highest BCUT2D eigenvalue weighted by Gasteiger charge is 2.17. The van der Waals surface area contributed by atoms with Crippen molar-refractivity contribution in [1.29, 1.82) is 0 Å². The number of carbonyl (C=O) groups excluding carboxylic acids is 1. The van der Waals surface area contributed by atoms with Gasteiger partial charge in [0.2, 0.25) is 0 Å². The van der Waals surface area contributed by atoms with Crippen molar-refractivity contribution in [2.24, 2.45) is 0 Å². The van der Waals surface area contributed by atoms with Crippen molar-refractivity contribution >= 4 is 11.7 Å². The minimum Gasteiger partial charge on any atom is -0.327 e. The fourth-order valence-corrected chi connectivity index (χ4v) is 3.31. The fraction of sp³-hybridized carbons (Fsp3) is 0.174. The first-order valence-electron chi connectivity index (χ1n) is 8.80. The average molecular weight is 344 g/mol. The largest absolute Gasteiger partial charge is 0.327 e. The highest BCUT2D eigenvalue weighted by Crippen LogP contribution is 2.24. The second-order valence-corrected chi connectivity index (χ2v) is 6.63. The van der Waals surface area contributed by atoms with E-state index in [0.717, 1.165) is 27.9 Å². The van der Waals surface area contributed by atoms with Crippen molar-refractivity contribution in [3.8, 4) is 0 Å². The Morgan fingerprint density at radius 1 is 0.769 bits per heavy atom. The topological polar surface area (TPSA) is 41.1 Å². The molecule has 3 aromatic rings. The van der Waals surface area contributed by atoms with E-state index in [1.165, 1.54) is 5.56 Å². The van der Waals surface area contributed by atoms with Gasteiger partial charge in [-0.2, -0.15) is 0 Å². The third-order valence-corrected chi connectivity index (χ3v) is 4.46. The molecule has 2 amide bonds. The van der Waals surface area contributed by atoms with Gasteiger partial charge in [0.25, 0.3) is 0 Å². The summed E-state index contributed by atoms with van der Waals surface area (Å²) in [5.41, 5.74) is 6.28. The van der Waals surface area contributed by atoms with Crippen LogP contribution in [0.1, 0.15) is 33.9 Å². The maximum atomic E-state index is 12.7. The molecule has 3 heteroatoms. The highest BCUT2D eigenvalue weighted by molar-refractivity contribution is 5.91. The first-order valence-corrected chi connectivity index (χ1v) is 8.80. The molecule has 0 saturated carbocycles. The van der Waals surface area contributed by atoms with Crippen molar-refractivity contribution in [3.05, 3.63) is 101 Å². The molecule has 0 radical (unpaired) electrons. The highest BCUT2D eigenvalue weighted by atomic mass is 16.2. The van der Waals surface area contributed by atoms with E-state index in [4.69, 9.17) is 0 Å². The summed E-state index contributed by atoms with van der Waals surface area (Å²) in [5, 5.41) is 6.14. The molecule has 0 bridgehead atoms. The third-order valence-electron chi connectivity index (χ3n) is 4.46. The second kappa shape index (κ2) is 7.87. The number of nitrogens with one attached hydrogen (secondary N) is 2. The molecule has 0 aliphatic heterocycles. The lowest BCUT2D eigenvalue weighted by Crippen LogP contribution is -2.33. The Morgan fingerprint density at radius 2 is 1.23 bits per heavy atom. The van der Waals surface area contributed by atoms with Crippen molar-refractivity contribution in [1.82, 2.24) is 5.32 Å². The average Bonchev–Trinajstić information content (AvgIpc) is 2.64. The van der Waals surface area contributed by atoms with Crippen LogP contribution >= 0.6 is 0 Å². The summed E-state index contributed by atoms with van der Waals surface area (Å²) in [6.45, 7) is 6.09. The Kier molecular flexibility index (Phi) is 5.37. The summed E-state index contributed by atoms with van der Waals surface area (Å²) in [6.07, 6.45) is 0. The van der Waals surface area contributed by atoms with Crippen LogP contribution in [0.15, 0.2) is 72.8 Å². The molecule has 0 spiro atoms. The summed E-state index contributed by atoms with van der Waals surface area (Å²) in [4.78, 5) is 12.7. The molecule has 3 nitrogen and oxygen atoms in total. The van der Waals surface area contributed by atoms with E-state index >= 15 is 0 Å². The van der Waals surface area contributed by atoms with E-state index in [1.807, 2.05) is 74.5 Å².